The van der Waals surface area contributed by atoms with Crippen molar-refractivity contribution in [2.24, 2.45) is 11.4 Å². The number of rotatable bonds is 3. The van der Waals surface area contributed by atoms with Crippen LogP contribution in [0.25, 0.3) is 0 Å². The van der Waals surface area contributed by atoms with Crippen molar-refractivity contribution in [1.82, 2.24) is 4.57 Å². The lowest BCUT2D eigenvalue weighted by atomic mass is 10.3. The van der Waals surface area contributed by atoms with E-state index in [0.29, 0.717) is 0 Å². The van der Waals surface area contributed by atoms with Crippen molar-refractivity contribution in [3.63, 3.8) is 0 Å². The third kappa shape index (κ3) is 2.91. The molecule has 7 nitrogen and oxygen atoms in total. The van der Waals surface area contributed by atoms with Gasteiger partial charge >= 0.3 is 0 Å². The molecule has 104 valence electrons. The third-order valence-corrected chi connectivity index (χ3v) is 3.88. The highest BCUT2D eigenvalue weighted by Gasteiger charge is 2.14. The number of nitro benzene ring substituents is 1. The largest absolute Gasteiger partial charge is 0.335 e. The number of hydrogen-bond donors (Lipinski definition) is 0. The molecule has 0 N–H and O–H groups in total. The maximum atomic E-state index is 12.1. The molecule has 1 aromatic carbocycles. The topological polar surface area (TPSA) is 94.6 Å². The molecule has 2 rings (SSSR count). The van der Waals surface area contributed by atoms with Crippen molar-refractivity contribution in [1.29, 1.82) is 0 Å². The Morgan fingerprint density at radius 1 is 1.15 bits per heavy atom. The van der Waals surface area contributed by atoms with Gasteiger partial charge in [-0.05, 0) is 24.3 Å². The minimum atomic E-state index is -3.90. The summed E-state index contributed by atoms with van der Waals surface area (Å²) in [6.07, 6.45) is 1.67. The van der Waals surface area contributed by atoms with Gasteiger partial charge in [0.25, 0.3) is 15.7 Å². The lowest BCUT2D eigenvalue weighted by Gasteiger charge is -2.00. The molecule has 1 aromatic heterocycles. The monoisotopic (exact) mass is 293 g/mol. The molecule has 0 aliphatic carbocycles. The van der Waals surface area contributed by atoms with Crippen molar-refractivity contribution in [2.45, 2.75) is 4.90 Å². The van der Waals surface area contributed by atoms with Crippen molar-refractivity contribution < 1.29 is 13.3 Å². The zero-order valence-corrected chi connectivity index (χ0v) is 11.3. The van der Waals surface area contributed by atoms with Crippen molar-refractivity contribution in [3.05, 3.63) is 64.3 Å². The van der Waals surface area contributed by atoms with Crippen LogP contribution in [0.1, 0.15) is 0 Å². The Bertz CT molecular complexity index is 807. The van der Waals surface area contributed by atoms with Crippen LogP contribution in [0.3, 0.4) is 0 Å². The second kappa shape index (κ2) is 5.25. The molecule has 0 saturated carbocycles. The van der Waals surface area contributed by atoms with Gasteiger partial charge in [0, 0.05) is 25.4 Å². The Morgan fingerprint density at radius 3 is 2.35 bits per heavy atom. The molecular weight excluding hydrogens is 282 g/mol. The predicted molar refractivity (Wildman–Crippen MR) is 71.3 cm³/mol. The summed E-state index contributed by atoms with van der Waals surface area (Å²) in [6.45, 7) is 0. The van der Waals surface area contributed by atoms with Gasteiger partial charge in [-0.2, -0.15) is 8.42 Å². The normalized spacial score (nSPS) is 12.3. The highest BCUT2D eigenvalue weighted by Crippen LogP contribution is 2.17. The van der Waals surface area contributed by atoms with Gasteiger partial charge in [0.15, 0.2) is 0 Å². The standard InChI is InChI=1S/C12H11N3O4S/c1-14-9-3-2-4-12(14)13-20(18,19)11-7-5-10(6-8-11)15(16)17/h2-9H,1H3. The fourth-order valence-electron chi connectivity index (χ4n) is 1.52. The third-order valence-electron chi connectivity index (χ3n) is 2.59. The molecule has 0 fully saturated rings. The number of aromatic nitrogens is 1. The molecule has 1 heterocycles. The summed E-state index contributed by atoms with van der Waals surface area (Å²) in [5, 5.41) is 10.5. The molecule has 0 aliphatic heterocycles. The second-order valence-corrected chi connectivity index (χ2v) is 5.59. The molecular formula is C12H11N3O4S. The predicted octanol–water partition coefficient (Wildman–Crippen LogP) is 1.22. The molecule has 0 atom stereocenters. The first-order valence-electron chi connectivity index (χ1n) is 5.57. The number of sulfonamides is 1. The van der Waals surface area contributed by atoms with Gasteiger partial charge in [0.1, 0.15) is 5.49 Å². The Balaban J connectivity index is 2.49. The van der Waals surface area contributed by atoms with E-state index in [1.54, 1.807) is 36.0 Å². The van der Waals surface area contributed by atoms with E-state index in [0.717, 1.165) is 12.1 Å². The number of aryl methyl sites for hydroxylation is 1. The molecule has 2 aromatic rings. The highest BCUT2D eigenvalue weighted by molar-refractivity contribution is 7.90. The molecule has 8 heteroatoms. The van der Waals surface area contributed by atoms with Crippen molar-refractivity contribution >= 4 is 15.7 Å². The van der Waals surface area contributed by atoms with Crippen LogP contribution in [0.4, 0.5) is 5.69 Å². The molecule has 20 heavy (non-hydrogen) atoms. The van der Waals surface area contributed by atoms with Gasteiger partial charge in [-0.25, -0.2) is 0 Å². The fourth-order valence-corrected chi connectivity index (χ4v) is 2.55. The lowest BCUT2D eigenvalue weighted by Crippen LogP contribution is -2.18. The first-order valence-corrected chi connectivity index (χ1v) is 7.01. The lowest BCUT2D eigenvalue weighted by molar-refractivity contribution is -0.384. The summed E-state index contributed by atoms with van der Waals surface area (Å²) in [6, 6.07) is 9.57. The van der Waals surface area contributed by atoms with Gasteiger partial charge in [0.05, 0.1) is 9.82 Å². The van der Waals surface area contributed by atoms with Crippen molar-refractivity contribution in [2.75, 3.05) is 0 Å². The van der Waals surface area contributed by atoms with E-state index in [2.05, 4.69) is 4.40 Å². The smallest absolute Gasteiger partial charge is 0.284 e. The SMILES string of the molecule is Cn1ccccc1=NS(=O)(=O)c1ccc([N+](=O)[O-])cc1. The number of hydrogen-bond acceptors (Lipinski definition) is 4. The van der Waals surface area contributed by atoms with Crippen LogP contribution in [-0.4, -0.2) is 17.9 Å². The van der Waals surface area contributed by atoms with E-state index in [9.17, 15) is 18.5 Å². The van der Waals surface area contributed by atoms with E-state index in [1.165, 1.54) is 12.1 Å². The number of nitro groups is 1. The van der Waals surface area contributed by atoms with Crippen LogP contribution in [0, 0.1) is 10.1 Å². The Labute approximate surface area is 115 Å². The van der Waals surface area contributed by atoms with Crippen LogP contribution in [0.15, 0.2) is 58.0 Å². The molecule has 0 amide bonds. The Kier molecular flexibility index (Phi) is 3.66. The Morgan fingerprint density at radius 2 is 1.80 bits per heavy atom. The van der Waals surface area contributed by atoms with Gasteiger partial charge < -0.3 is 4.57 Å². The maximum Gasteiger partial charge on any atom is 0.284 e. The maximum absolute atomic E-state index is 12.1. The minimum Gasteiger partial charge on any atom is -0.335 e. The fraction of sp³-hybridized carbons (Fsp3) is 0.0833. The van der Waals surface area contributed by atoms with Gasteiger partial charge in [-0.15, -0.1) is 4.40 Å². The number of nitrogens with zero attached hydrogens (tertiary/aromatic N) is 3. The van der Waals surface area contributed by atoms with Gasteiger partial charge in [0.2, 0.25) is 0 Å². The molecule has 0 spiro atoms. The average Bonchev–Trinajstić information content (AvgIpc) is 2.41. The quantitative estimate of drug-likeness (QED) is 0.628. The van der Waals surface area contributed by atoms with Crippen LogP contribution in [0.2, 0.25) is 0 Å². The van der Waals surface area contributed by atoms with Crippen LogP contribution >= 0.6 is 0 Å². The molecule has 0 saturated heterocycles. The molecule has 0 bridgehead atoms. The Hall–Kier alpha value is -2.48. The summed E-state index contributed by atoms with van der Waals surface area (Å²) in [4.78, 5) is 9.84. The van der Waals surface area contributed by atoms with Crippen LogP contribution in [-0.2, 0) is 17.1 Å². The molecule has 0 radical (unpaired) electrons. The second-order valence-electron chi connectivity index (χ2n) is 3.99. The zero-order chi connectivity index (χ0) is 14.8. The summed E-state index contributed by atoms with van der Waals surface area (Å²) in [5.41, 5.74) is 0.0973. The van der Waals surface area contributed by atoms with Crippen LogP contribution < -0.4 is 5.49 Å². The van der Waals surface area contributed by atoms with E-state index in [-0.39, 0.29) is 16.1 Å². The van der Waals surface area contributed by atoms with Gasteiger partial charge in [-0.1, -0.05) is 6.07 Å². The van der Waals surface area contributed by atoms with Crippen LogP contribution in [0.5, 0.6) is 0 Å². The highest BCUT2D eigenvalue weighted by atomic mass is 32.2. The minimum absolute atomic E-state index is 0.0908. The van der Waals surface area contributed by atoms with E-state index >= 15 is 0 Å². The zero-order valence-electron chi connectivity index (χ0n) is 10.5. The van der Waals surface area contributed by atoms with Crippen molar-refractivity contribution in [3.8, 4) is 0 Å². The summed E-state index contributed by atoms with van der Waals surface area (Å²) >= 11 is 0. The van der Waals surface area contributed by atoms with E-state index in [4.69, 9.17) is 0 Å². The van der Waals surface area contributed by atoms with E-state index < -0.39 is 14.9 Å². The first kappa shape index (κ1) is 13.9. The molecule has 0 aliphatic rings. The summed E-state index contributed by atoms with van der Waals surface area (Å²) in [5.74, 6) is 0. The average molecular weight is 293 g/mol. The number of benzene rings is 1. The summed E-state index contributed by atoms with van der Waals surface area (Å²) < 4.78 is 29.4. The number of non-ortho nitro benzene ring substituents is 1. The summed E-state index contributed by atoms with van der Waals surface area (Å²) in [7, 11) is -2.23. The van der Waals surface area contributed by atoms with E-state index in [1.807, 2.05) is 0 Å². The first-order chi connectivity index (χ1) is 9.40. The molecule has 0 unspecified atom stereocenters. The van der Waals surface area contributed by atoms with Gasteiger partial charge in [-0.3, -0.25) is 10.1 Å². The number of pyridine rings is 1.